The number of nitrogens with one attached hydrogen (secondary N) is 2. The van der Waals surface area contributed by atoms with Gasteiger partial charge in [0, 0.05) is 6.54 Å². The van der Waals surface area contributed by atoms with Gasteiger partial charge in [-0.05, 0) is 37.3 Å². The standard InChI is InChI=1S/C14H13ClFN3O2/c1-2-17-11-4-3-5-12(14(11)19(20)21)18-13-8-9(16)6-7-10(13)15/h3-8,17-18H,2H2,1H3. The fourth-order valence-corrected chi connectivity index (χ4v) is 2.08. The van der Waals surface area contributed by atoms with Crippen LogP contribution in [0.15, 0.2) is 36.4 Å². The number of nitro benzene ring substituents is 1. The first-order valence-electron chi connectivity index (χ1n) is 6.26. The van der Waals surface area contributed by atoms with Gasteiger partial charge in [0.1, 0.15) is 17.2 Å². The molecule has 0 unspecified atom stereocenters. The lowest BCUT2D eigenvalue weighted by Gasteiger charge is -2.12. The predicted molar refractivity (Wildman–Crippen MR) is 82.0 cm³/mol. The van der Waals surface area contributed by atoms with E-state index in [-0.39, 0.29) is 22.1 Å². The monoisotopic (exact) mass is 309 g/mol. The second kappa shape index (κ2) is 6.41. The Balaban J connectivity index is 2.46. The van der Waals surface area contributed by atoms with Gasteiger partial charge in [0.2, 0.25) is 0 Å². The Hall–Kier alpha value is -2.34. The topological polar surface area (TPSA) is 67.2 Å². The van der Waals surface area contributed by atoms with E-state index in [0.717, 1.165) is 0 Å². The fourth-order valence-electron chi connectivity index (χ4n) is 1.91. The molecule has 0 amide bonds. The Labute approximate surface area is 125 Å². The second-order valence-electron chi connectivity index (χ2n) is 4.24. The van der Waals surface area contributed by atoms with Crippen molar-refractivity contribution in [2.75, 3.05) is 17.2 Å². The summed E-state index contributed by atoms with van der Waals surface area (Å²) in [7, 11) is 0. The maximum atomic E-state index is 13.3. The van der Waals surface area contributed by atoms with Gasteiger partial charge in [0.15, 0.2) is 0 Å². The molecular weight excluding hydrogens is 297 g/mol. The number of para-hydroxylation sites is 1. The summed E-state index contributed by atoms with van der Waals surface area (Å²) < 4.78 is 13.3. The van der Waals surface area contributed by atoms with Crippen LogP contribution < -0.4 is 10.6 Å². The van der Waals surface area contributed by atoms with Crippen molar-refractivity contribution in [3.8, 4) is 0 Å². The minimum absolute atomic E-state index is 0.111. The van der Waals surface area contributed by atoms with Crippen molar-refractivity contribution in [2.45, 2.75) is 6.92 Å². The molecule has 21 heavy (non-hydrogen) atoms. The van der Waals surface area contributed by atoms with Gasteiger partial charge in [0.25, 0.3) is 0 Å². The summed E-state index contributed by atoms with van der Waals surface area (Å²) in [6, 6.07) is 8.61. The van der Waals surface area contributed by atoms with Crippen LogP contribution in [0.3, 0.4) is 0 Å². The zero-order valence-electron chi connectivity index (χ0n) is 11.2. The third kappa shape index (κ3) is 3.41. The molecule has 0 aliphatic rings. The van der Waals surface area contributed by atoms with Crippen LogP contribution in [-0.2, 0) is 0 Å². The Bertz CT molecular complexity index is 679. The minimum atomic E-state index is -0.493. The summed E-state index contributed by atoms with van der Waals surface area (Å²) in [5.74, 6) is -0.479. The zero-order valence-corrected chi connectivity index (χ0v) is 11.9. The molecule has 7 heteroatoms. The number of nitrogens with zero attached hydrogens (tertiary/aromatic N) is 1. The lowest BCUT2D eigenvalue weighted by molar-refractivity contribution is -0.383. The molecule has 2 aromatic carbocycles. The molecule has 0 atom stereocenters. The number of hydrogen-bond donors (Lipinski definition) is 2. The molecule has 110 valence electrons. The molecular formula is C14H13ClFN3O2. The van der Waals surface area contributed by atoms with E-state index in [9.17, 15) is 14.5 Å². The van der Waals surface area contributed by atoms with Crippen LogP contribution in [0.25, 0.3) is 0 Å². The lowest BCUT2D eigenvalue weighted by atomic mass is 10.2. The SMILES string of the molecule is CCNc1cccc(Nc2cc(F)ccc2Cl)c1[N+](=O)[O-]. The molecule has 0 fully saturated rings. The van der Waals surface area contributed by atoms with E-state index >= 15 is 0 Å². The molecule has 0 aliphatic carbocycles. The third-order valence-corrected chi connectivity index (χ3v) is 3.11. The Morgan fingerprint density at radius 1 is 1.24 bits per heavy atom. The maximum Gasteiger partial charge on any atom is 0.315 e. The maximum absolute atomic E-state index is 13.3. The Morgan fingerprint density at radius 3 is 2.62 bits per heavy atom. The van der Waals surface area contributed by atoms with Gasteiger partial charge >= 0.3 is 5.69 Å². The van der Waals surface area contributed by atoms with Crippen LogP contribution in [-0.4, -0.2) is 11.5 Å². The van der Waals surface area contributed by atoms with Gasteiger partial charge in [0.05, 0.1) is 15.6 Å². The summed E-state index contributed by atoms with van der Waals surface area (Å²) in [4.78, 5) is 10.8. The highest BCUT2D eigenvalue weighted by Crippen LogP contribution is 2.36. The highest BCUT2D eigenvalue weighted by atomic mass is 35.5. The van der Waals surface area contributed by atoms with Gasteiger partial charge in [-0.1, -0.05) is 17.7 Å². The number of nitro groups is 1. The van der Waals surface area contributed by atoms with Crippen molar-refractivity contribution in [3.63, 3.8) is 0 Å². The third-order valence-electron chi connectivity index (χ3n) is 2.78. The quantitative estimate of drug-likeness (QED) is 0.627. The number of benzene rings is 2. The predicted octanol–water partition coefficient (Wildman–Crippen LogP) is 4.56. The smallest absolute Gasteiger partial charge is 0.315 e. The number of rotatable bonds is 5. The van der Waals surface area contributed by atoms with Crippen LogP contribution in [0.5, 0.6) is 0 Å². The van der Waals surface area contributed by atoms with Gasteiger partial charge in [-0.25, -0.2) is 4.39 Å². The molecule has 0 bridgehead atoms. The Morgan fingerprint density at radius 2 is 1.95 bits per heavy atom. The summed E-state index contributed by atoms with van der Waals surface area (Å²) >= 11 is 5.96. The first-order valence-corrected chi connectivity index (χ1v) is 6.64. The molecule has 0 aromatic heterocycles. The fraction of sp³-hybridized carbons (Fsp3) is 0.143. The van der Waals surface area contributed by atoms with Gasteiger partial charge in [-0.15, -0.1) is 0 Å². The average molecular weight is 310 g/mol. The lowest BCUT2D eigenvalue weighted by Crippen LogP contribution is -2.04. The molecule has 0 radical (unpaired) electrons. The van der Waals surface area contributed by atoms with E-state index in [0.29, 0.717) is 12.2 Å². The zero-order chi connectivity index (χ0) is 15.4. The molecule has 0 saturated heterocycles. The van der Waals surface area contributed by atoms with E-state index in [1.54, 1.807) is 18.2 Å². The largest absolute Gasteiger partial charge is 0.380 e. The molecule has 2 aromatic rings. The van der Waals surface area contributed by atoms with Crippen LogP contribution in [0, 0.1) is 15.9 Å². The first kappa shape index (κ1) is 15.1. The van der Waals surface area contributed by atoms with Crippen molar-refractivity contribution < 1.29 is 9.31 Å². The van der Waals surface area contributed by atoms with Crippen molar-refractivity contribution >= 4 is 34.4 Å². The number of hydrogen-bond acceptors (Lipinski definition) is 4. The van der Waals surface area contributed by atoms with Gasteiger partial charge in [-0.2, -0.15) is 0 Å². The van der Waals surface area contributed by atoms with Gasteiger partial charge < -0.3 is 10.6 Å². The first-order chi connectivity index (χ1) is 10.0. The molecule has 0 heterocycles. The second-order valence-corrected chi connectivity index (χ2v) is 4.65. The van der Waals surface area contributed by atoms with Crippen molar-refractivity contribution in [1.82, 2.24) is 0 Å². The van der Waals surface area contributed by atoms with E-state index < -0.39 is 10.7 Å². The van der Waals surface area contributed by atoms with E-state index in [1.165, 1.54) is 18.2 Å². The molecule has 0 spiro atoms. The Kier molecular flexibility index (Phi) is 4.59. The molecule has 5 nitrogen and oxygen atoms in total. The number of anilines is 3. The normalized spacial score (nSPS) is 10.2. The molecule has 2 rings (SSSR count). The molecule has 0 aliphatic heterocycles. The van der Waals surface area contributed by atoms with Crippen molar-refractivity contribution in [1.29, 1.82) is 0 Å². The highest BCUT2D eigenvalue weighted by Gasteiger charge is 2.20. The van der Waals surface area contributed by atoms with Crippen LogP contribution >= 0.6 is 11.6 Å². The summed E-state index contributed by atoms with van der Waals surface area (Å²) in [5.41, 5.74) is 0.791. The van der Waals surface area contributed by atoms with Crippen LogP contribution in [0.2, 0.25) is 5.02 Å². The summed E-state index contributed by atoms with van der Waals surface area (Å²) in [6.07, 6.45) is 0. The van der Waals surface area contributed by atoms with E-state index in [4.69, 9.17) is 11.6 Å². The highest BCUT2D eigenvalue weighted by molar-refractivity contribution is 6.33. The van der Waals surface area contributed by atoms with E-state index in [2.05, 4.69) is 10.6 Å². The molecule has 2 N–H and O–H groups in total. The minimum Gasteiger partial charge on any atom is -0.380 e. The van der Waals surface area contributed by atoms with Crippen LogP contribution in [0.1, 0.15) is 6.92 Å². The van der Waals surface area contributed by atoms with Gasteiger partial charge in [-0.3, -0.25) is 10.1 Å². The van der Waals surface area contributed by atoms with Crippen molar-refractivity contribution in [2.24, 2.45) is 0 Å². The van der Waals surface area contributed by atoms with E-state index in [1.807, 2.05) is 6.92 Å². The summed E-state index contributed by atoms with van der Waals surface area (Å²) in [5, 5.41) is 17.3. The summed E-state index contributed by atoms with van der Waals surface area (Å²) in [6.45, 7) is 2.39. The van der Waals surface area contributed by atoms with Crippen LogP contribution in [0.4, 0.5) is 27.1 Å². The number of halogens is 2. The molecule has 0 saturated carbocycles. The van der Waals surface area contributed by atoms with Crippen molar-refractivity contribution in [3.05, 3.63) is 57.4 Å². The average Bonchev–Trinajstić information content (AvgIpc) is 2.43.